The maximum absolute atomic E-state index is 13.3. The van der Waals surface area contributed by atoms with Crippen molar-refractivity contribution in [1.82, 2.24) is 5.32 Å². The van der Waals surface area contributed by atoms with Gasteiger partial charge in [0.1, 0.15) is 5.82 Å². The zero-order valence-electron chi connectivity index (χ0n) is 11.4. The Labute approximate surface area is 113 Å². The summed E-state index contributed by atoms with van der Waals surface area (Å²) in [6, 6.07) is 6.27. The molecule has 0 heterocycles. The van der Waals surface area contributed by atoms with Crippen molar-refractivity contribution in [2.24, 2.45) is 0 Å². The second-order valence-corrected chi connectivity index (χ2v) is 4.46. The van der Waals surface area contributed by atoms with E-state index in [1.807, 2.05) is 13.8 Å². The van der Waals surface area contributed by atoms with Crippen LogP contribution in [0.4, 0.5) is 10.1 Å². The van der Waals surface area contributed by atoms with E-state index in [-0.39, 0.29) is 24.4 Å². The first-order valence-corrected chi connectivity index (χ1v) is 6.46. The summed E-state index contributed by atoms with van der Waals surface area (Å²) in [7, 11) is 0. The van der Waals surface area contributed by atoms with Crippen molar-refractivity contribution in [3.8, 4) is 0 Å². The van der Waals surface area contributed by atoms with E-state index in [2.05, 4.69) is 10.6 Å². The molecule has 0 saturated carbocycles. The molecular weight excluding hydrogens is 247 g/mol. The molecule has 0 aliphatic carbocycles. The topological polar surface area (TPSA) is 50.4 Å². The molecule has 19 heavy (non-hydrogen) atoms. The highest BCUT2D eigenvalue weighted by Gasteiger charge is 2.03. The van der Waals surface area contributed by atoms with Crippen molar-refractivity contribution in [3.63, 3.8) is 0 Å². The average Bonchev–Trinajstić information content (AvgIpc) is 2.37. The van der Waals surface area contributed by atoms with E-state index in [1.54, 1.807) is 18.2 Å². The number of rotatable bonds is 8. The standard InChI is InChI=1S/C14H21FN2O2/c1-11(2)19-9-5-8-16-14(18)10-17-13-7-4-3-6-12(13)15/h3-4,6-7,11,17H,5,8-10H2,1-2H3,(H,16,18). The van der Waals surface area contributed by atoms with Crippen LogP contribution in [0.5, 0.6) is 0 Å². The Balaban J connectivity index is 2.13. The van der Waals surface area contributed by atoms with E-state index >= 15 is 0 Å². The average molecular weight is 268 g/mol. The minimum Gasteiger partial charge on any atom is -0.379 e. The van der Waals surface area contributed by atoms with Gasteiger partial charge in [0.25, 0.3) is 0 Å². The van der Waals surface area contributed by atoms with E-state index in [0.29, 0.717) is 18.8 Å². The molecule has 5 heteroatoms. The molecule has 106 valence electrons. The molecule has 0 aliphatic rings. The number of carbonyl (C=O) groups excluding carboxylic acids is 1. The molecule has 0 radical (unpaired) electrons. The Bertz CT molecular complexity index is 397. The van der Waals surface area contributed by atoms with E-state index in [4.69, 9.17) is 4.74 Å². The fourth-order valence-electron chi connectivity index (χ4n) is 1.46. The highest BCUT2D eigenvalue weighted by Crippen LogP contribution is 2.11. The van der Waals surface area contributed by atoms with Crippen LogP contribution in [0.15, 0.2) is 24.3 Å². The molecule has 1 amide bonds. The van der Waals surface area contributed by atoms with E-state index in [1.165, 1.54) is 6.07 Å². The van der Waals surface area contributed by atoms with Gasteiger partial charge >= 0.3 is 0 Å². The van der Waals surface area contributed by atoms with E-state index in [0.717, 1.165) is 6.42 Å². The van der Waals surface area contributed by atoms with Gasteiger partial charge in [0.15, 0.2) is 0 Å². The van der Waals surface area contributed by atoms with Gasteiger partial charge in [-0.25, -0.2) is 4.39 Å². The van der Waals surface area contributed by atoms with Crippen LogP contribution in [0.1, 0.15) is 20.3 Å². The second-order valence-electron chi connectivity index (χ2n) is 4.46. The molecule has 4 nitrogen and oxygen atoms in total. The Hall–Kier alpha value is -1.62. The molecule has 1 aromatic rings. The summed E-state index contributed by atoms with van der Waals surface area (Å²) >= 11 is 0. The number of benzene rings is 1. The van der Waals surface area contributed by atoms with Crippen LogP contribution in [0.2, 0.25) is 0 Å². The first-order chi connectivity index (χ1) is 9.09. The molecule has 1 rings (SSSR count). The summed E-state index contributed by atoms with van der Waals surface area (Å²) in [6.07, 6.45) is 0.974. The van der Waals surface area contributed by atoms with Crippen LogP contribution in [0.3, 0.4) is 0 Å². The molecule has 2 N–H and O–H groups in total. The summed E-state index contributed by atoms with van der Waals surface area (Å²) in [5, 5.41) is 5.50. The zero-order chi connectivity index (χ0) is 14.1. The fraction of sp³-hybridized carbons (Fsp3) is 0.500. The van der Waals surface area contributed by atoms with Crippen LogP contribution < -0.4 is 10.6 Å². The number of ether oxygens (including phenoxy) is 1. The van der Waals surface area contributed by atoms with Crippen molar-refractivity contribution >= 4 is 11.6 Å². The highest BCUT2D eigenvalue weighted by molar-refractivity contribution is 5.80. The molecular formula is C14H21FN2O2. The Morgan fingerprint density at radius 1 is 1.37 bits per heavy atom. The smallest absolute Gasteiger partial charge is 0.239 e. The molecule has 0 fully saturated rings. The quantitative estimate of drug-likeness (QED) is 0.710. The lowest BCUT2D eigenvalue weighted by Gasteiger charge is -2.09. The summed E-state index contributed by atoms with van der Waals surface area (Å²) < 4.78 is 18.6. The molecule has 0 spiro atoms. The van der Waals surface area contributed by atoms with Crippen LogP contribution in [-0.4, -0.2) is 31.7 Å². The Morgan fingerprint density at radius 3 is 2.79 bits per heavy atom. The Kier molecular flexibility index (Phi) is 6.89. The minimum absolute atomic E-state index is 0.0615. The Morgan fingerprint density at radius 2 is 2.11 bits per heavy atom. The van der Waals surface area contributed by atoms with Gasteiger partial charge in [-0.2, -0.15) is 0 Å². The van der Waals surface area contributed by atoms with Crippen LogP contribution in [-0.2, 0) is 9.53 Å². The first-order valence-electron chi connectivity index (χ1n) is 6.46. The number of nitrogens with one attached hydrogen (secondary N) is 2. The molecule has 0 unspecified atom stereocenters. The number of halogens is 1. The summed E-state index contributed by atoms with van der Waals surface area (Å²) in [5.41, 5.74) is 0.334. The van der Waals surface area contributed by atoms with Crippen LogP contribution in [0.25, 0.3) is 0 Å². The van der Waals surface area contributed by atoms with Gasteiger partial charge < -0.3 is 15.4 Å². The lowest BCUT2D eigenvalue weighted by molar-refractivity contribution is -0.119. The third kappa shape index (κ3) is 6.76. The third-order valence-electron chi connectivity index (χ3n) is 2.41. The largest absolute Gasteiger partial charge is 0.379 e. The minimum atomic E-state index is -0.361. The zero-order valence-corrected chi connectivity index (χ0v) is 11.4. The number of hydrogen-bond acceptors (Lipinski definition) is 3. The lowest BCUT2D eigenvalue weighted by Crippen LogP contribution is -2.31. The molecule has 0 bridgehead atoms. The van der Waals surface area contributed by atoms with Crippen LogP contribution in [0, 0.1) is 5.82 Å². The maximum Gasteiger partial charge on any atom is 0.239 e. The SMILES string of the molecule is CC(C)OCCCNC(=O)CNc1ccccc1F. The van der Waals surface area contributed by atoms with Crippen molar-refractivity contribution in [2.75, 3.05) is 25.0 Å². The predicted octanol–water partition coefficient (Wildman–Crippen LogP) is 2.17. The number of para-hydroxylation sites is 1. The van der Waals surface area contributed by atoms with E-state index < -0.39 is 0 Å². The number of carbonyl (C=O) groups is 1. The molecule has 0 saturated heterocycles. The number of anilines is 1. The van der Waals surface area contributed by atoms with Crippen molar-refractivity contribution in [1.29, 1.82) is 0 Å². The summed E-state index contributed by atoms with van der Waals surface area (Å²) in [6.45, 7) is 5.18. The normalized spacial score (nSPS) is 10.5. The van der Waals surface area contributed by atoms with E-state index in [9.17, 15) is 9.18 Å². The van der Waals surface area contributed by atoms with Gasteiger partial charge in [0.05, 0.1) is 18.3 Å². The lowest BCUT2D eigenvalue weighted by atomic mass is 10.3. The fourth-order valence-corrected chi connectivity index (χ4v) is 1.46. The van der Waals surface area contributed by atoms with Crippen LogP contribution >= 0.6 is 0 Å². The summed E-state index contributed by atoms with van der Waals surface area (Å²) in [5.74, 6) is -0.520. The summed E-state index contributed by atoms with van der Waals surface area (Å²) in [4.78, 5) is 11.5. The molecule has 0 aliphatic heterocycles. The third-order valence-corrected chi connectivity index (χ3v) is 2.41. The van der Waals surface area contributed by atoms with Gasteiger partial charge in [-0.15, -0.1) is 0 Å². The van der Waals surface area contributed by atoms with Crippen molar-refractivity contribution in [2.45, 2.75) is 26.4 Å². The van der Waals surface area contributed by atoms with Crippen molar-refractivity contribution < 1.29 is 13.9 Å². The monoisotopic (exact) mass is 268 g/mol. The molecule has 0 atom stereocenters. The number of hydrogen-bond donors (Lipinski definition) is 2. The molecule has 0 aromatic heterocycles. The van der Waals surface area contributed by atoms with Gasteiger partial charge in [0, 0.05) is 13.2 Å². The van der Waals surface area contributed by atoms with Gasteiger partial charge in [-0.3, -0.25) is 4.79 Å². The van der Waals surface area contributed by atoms with Crippen molar-refractivity contribution in [3.05, 3.63) is 30.1 Å². The number of amides is 1. The predicted molar refractivity (Wildman–Crippen MR) is 73.6 cm³/mol. The first kappa shape index (κ1) is 15.4. The van der Waals surface area contributed by atoms with Gasteiger partial charge in [-0.05, 0) is 32.4 Å². The molecule has 1 aromatic carbocycles. The second kappa shape index (κ2) is 8.48. The van der Waals surface area contributed by atoms with Gasteiger partial charge in [0.2, 0.25) is 5.91 Å². The maximum atomic E-state index is 13.3. The van der Waals surface area contributed by atoms with Gasteiger partial charge in [-0.1, -0.05) is 12.1 Å². The highest BCUT2D eigenvalue weighted by atomic mass is 19.1.